The molecule has 0 saturated carbocycles. The number of sulfonamides is 1. The second kappa shape index (κ2) is 7.02. The highest BCUT2D eigenvalue weighted by molar-refractivity contribution is 7.92. The minimum Gasteiger partial charge on any atom is -0.495 e. The van der Waals surface area contributed by atoms with Crippen molar-refractivity contribution in [2.75, 3.05) is 30.1 Å². The van der Waals surface area contributed by atoms with Crippen molar-refractivity contribution in [3.05, 3.63) is 23.8 Å². The van der Waals surface area contributed by atoms with Crippen molar-refractivity contribution in [2.24, 2.45) is 0 Å². The van der Waals surface area contributed by atoms with Crippen molar-refractivity contribution < 1.29 is 30.0 Å². The predicted molar refractivity (Wildman–Crippen MR) is 101 cm³/mol. The Kier molecular flexibility index (Phi) is 5.34. The third kappa shape index (κ3) is 4.15. The molecule has 3 rings (SSSR count). The Bertz CT molecular complexity index is 1000. The molecule has 2 aliphatic heterocycles. The van der Waals surface area contributed by atoms with E-state index in [1.807, 2.05) is 0 Å². The first kappa shape index (κ1) is 20.6. The lowest BCUT2D eigenvalue weighted by molar-refractivity contribution is 0.279. The molecule has 2 fully saturated rings. The van der Waals surface area contributed by atoms with Gasteiger partial charge in [-0.2, -0.15) is 4.31 Å². The van der Waals surface area contributed by atoms with Crippen LogP contribution in [0.4, 0.5) is 0 Å². The molecular formula is C16H23NO7S3. The molecule has 0 radical (unpaired) electrons. The zero-order chi connectivity index (χ0) is 20.0. The molecule has 0 N–H and O–H groups in total. The summed E-state index contributed by atoms with van der Waals surface area (Å²) >= 11 is 0. The van der Waals surface area contributed by atoms with Crippen LogP contribution in [-0.2, 0) is 29.7 Å². The second-order valence-corrected chi connectivity index (χ2v) is 13.4. The monoisotopic (exact) mass is 437 g/mol. The molecule has 2 atom stereocenters. The first-order valence-corrected chi connectivity index (χ1v) is 13.6. The van der Waals surface area contributed by atoms with Gasteiger partial charge in [-0.25, -0.2) is 25.3 Å². The molecule has 1 aromatic carbocycles. The van der Waals surface area contributed by atoms with Crippen LogP contribution in [0.3, 0.4) is 0 Å². The van der Waals surface area contributed by atoms with Gasteiger partial charge < -0.3 is 4.74 Å². The fourth-order valence-corrected chi connectivity index (χ4v) is 9.47. The molecule has 0 bridgehead atoms. The highest BCUT2D eigenvalue weighted by Crippen LogP contribution is 2.35. The molecule has 27 heavy (non-hydrogen) atoms. The van der Waals surface area contributed by atoms with Gasteiger partial charge in [-0.1, -0.05) is 6.07 Å². The topological polar surface area (TPSA) is 115 Å². The van der Waals surface area contributed by atoms with Gasteiger partial charge in [0.1, 0.15) is 10.6 Å². The van der Waals surface area contributed by atoms with E-state index in [1.54, 1.807) is 13.0 Å². The fraction of sp³-hybridized carbons (Fsp3) is 0.625. The summed E-state index contributed by atoms with van der Waals surface area (Å²) in [7, 11) is -9.50. The fourth-order valence-electron chi connectivity index (χ4n) is 3.74. The third-order valence-corrected chi connectivity index (χ3v) is 10.5. The predicted octanol–water partition coefficient (Wildman–Crippen LogP) is 0.369. The Balaban J connectivity index is 2.11. The summed E-state index contributed by atoms with van der Waals surface area (Å²) in [4.78, 5) is -0.0707. The van der Waals surface area contributed by atoms with Crippen LogP contribution < -0.4 is 4.74 Å². The summed E-state index contributed by atoms with van der Waals surface area (Å²) in [5, 5.41) is 0. The first-order valence-electron chi connectivity index (χ1n) is 8.54. The van der Waals surface area contributed by atoms with Crippen molar-refractivity contribution in [3.63, 3.8) is 0 Å². The molecule has 0 unspecified atom stereocenters. The Hall–Kier alpha value is -1.17. The number of ether oxygens (including phenoxy) is 1. The molecule has 8 nitrogen and oxygen atoms in total. The van der Waals surface area contributed by atoms with E-state index >= 15 is 0 Å². The van der Waals surface area contributed by atoms with Crippen LogP contribution in [0.25, 0.3) is 0 Å². The third-order valence-electron chi connectivity index (χ3n) is 5.01. The molecule has 0 spiro atoms. The van der Waals surface area contributed by atoms with Gasteiger partial charge in [0.2, 0.25) is 10.0 Å². The Morgan fingerprint density at radius 2 is 1.52 bits per heavy atom. The second-order valence-electron chi connectivity index (χ2n) is 7.10. The Morgan fingerprint density at radius 3 is 1.93 bits per heavy atom. The highest BCUT2D eigenvalue weighted by atomic mass is 32.2. The Morgan fingerprint density at radius 1 is 1.00 bits per heavy atom. The van der Waals surface area contributed by atoms with Gasteiger partial charge in [0.05, 0.1) is 30.1 Å². The minimum absolute atomic E-state index is 0.0707. The molecule has 0 aromatic heterocycles. The maximum absolute atomic E-state index is 13.5. The number of hydrogen-bond acceptors (Lipinski definition) is 7. The number of nitrogens with zero attached hydrogens (tertiary/aromatic N) is 1. The van der Waals surface area contributed by atoms with Crippen LogP contribution >= 0.6 is 0 Å². The van der Waals surface area contributed by atoms with Crippen LogP contribution in [0.1, 0.15) is 18.4 Å². The van der Waals surface area contributed by atoms with Crippen LogP contribution in [0, 0.1) is 6.92 Å². The maximum atomic E-state index is 13.5. The largest absolute Gasteiger partial charge is 0.495 e. The van der Waals surface area contributed by atoms with E-state index in [2.05, 4.69) is 0 Å². The highest BCUT2D eigenvalue weighted by Gasteiger charge is 2.46. The first-order chi connectivity index (χ1) is 12.5. The molecule has 152 valence electrons. The maximum Gasteiger partial charge on any atom is 0.247 e. The van der Waals surface area contributed by atoms with Gasteiger partial charge in [-0.15, -0.1) is 0 Å². The van der Waals surface area contributed by atoms with Crippen LogP contribution in [0.5, 0.6) is 5.75 Å². The van der Waals surface area contributed by atoms with E-state index in [0.29, 0.717) is 5.56 Å². The number of hydrogen-bond donors (Lipinski definition) is 0. The molecular weight excluding hydrogens is 414 g/mol. The van der Waals surface area contributed by atoms with E-state index < -0.39 is 41.8 Å². The van der Waals surface area contributed by atoms with Gasteiger partial charge >= 0.3 is 0 Å². The summed E-state index contributed by atoms with van der Waals surface area (Å²) in [6.07, 6.45) is 0.318. The van der Waals surface area contributed by atoms with Crippen LogP contribution in [-0.4, -0.2) is 71.8 Å². The summed E-state index contributed by atoms with van der Waals surface area (Å²) in [6.45, 7) is 1.74. The van der Waals surface area contributed by atoms with Crippen molar-refractivity contribution in [1.29, 1.82) is 0 Å². The van der Waals surface area contributed by atoms with Gasteiger partial charge in [-0.3, -0.25) is 0 Å². The normalized spacial score (nSPS) is 27.1. The lowest BCUT2D eigenvalue weighted by Gasteiger charge is -2.32. The standard InChI is InChI=1S/C16H23NO7S3/c1-12-3-4-15(24-2)16(9-12)27(22,23)17(13-5-7-25(18,19)10-13)14-6-8-26(20,21)11-14/h3-4,9,13-14H,5-8,10-11H2,1-2H3/t13-,14-/m1/s1. The minimum atomic E-state index is -4.15. The Labute approximate surface area is 160 Å². The van der Waals surface area contributed by atoms with Crippen LogP contribution in [0.15, 0.2) is 23.1 Å². The van der Waals surface area contributed by atoms with E-state index in [4.69, 9.17) is 4.74 Å². The van der Waals surface area contributed by atoms with E-state index in [9.17, 15) is 25.3 Å². The summed E-state index contributed by atoms with van der Waals surface area (Å²) in [5.74, 6) is -0.650. The van der Waals surface area contributed by atoms with Gasteiger partial charge in [-0.05, 0) is 37.5 Å². The average Bonchev–Trinajstić information content (AvgIpc) is 3.09. The van der Waals surface area contributed by atoms with E-state index in [-0.39, 0.29) is 46.5 Å². The van der Waals surface area contributed by atoms with Crippen molar-refractivity contribution in [1.82, 2.24) is 4.31 Å². The smallest absolute Gasteiger partial charge is 0.247 e. The summed E-state index contributed by atoms with van der Waals surface area (Å²) in [5.41, 5.74) is 0.701. The van der Waals surface area contributed by atoms with Gasteiger partial charge in [0, 0.05) is 12.1 Å². The van der Waals surface area contributed by atoms with Crippen molar-refractivity contribution in [3.8, 4) is 5.75 Å². The lowest BCUT2D eigenvalue weighted by Crippen LogP contribution is -2.48. The summed E-state index contributed by atoms with van der Waals surface area (Å²) < 4.78 is 81.2. The quantitative estimate of drug-likeness (QED) is 0.653. The molecule has 2 aliphatic rings. The van der Waals surface area contributed by atoms with Crippen molar-refractivity contribution in [2.45, 2.75) is 36.7 Å². The number of rotatable bonds is 5. The molecule has 11 heteroatoms. The number of sulfone groups is 2. The molecule has 0 aliphatic carbocycles. The molecule has 2 heterocycles. The summed E-state index contributed by atoms with van der Waals surface area (Å²) in [6, 6.07) is 3.17. The lowest BCUT2D eigenvalue weighted by atomic mass is 10.2. The van der Waals surface area contributed by atoms with E-state index in [1.165, 1.54) is 19.2 Å². The van der Waals surface area contributed by atoms with Crippen molar-refractivity contribution >= 4 is 29.7 Å². The number of benzene rings is 1. The zero-order valence-corrected chi connectivity index (χ0v) is 17.6. The zero-order valence-electron chi connectivity index (χ0n) is 15.2. The van der Waals surface area contributed by atoms with Gasteiger partial charge in [0.15, 0.2) is 19.7 Å². The van der Waals surface area contributed by atoms with Crippen LogP contribution in [0.2, 0.25) is 0 Å². The number of aryl methyl sites for hydroxylation is 1. The average molecular weight is 438 g/mol. The molecule has 2 saturated heterocycles. The molecule has 0 amide bonds. The van der Waals surface area contributed by atoms with Gasteiger partial charge in [0.25, 0.3) is 0 Å². The van der Waals surface area contributed by atoms with E-state index in [0.717, 1.165) is 4.31 Å². The SMILES string of the molecule is COc1ccc(C)cc1S(=O)(=O)N([C@@H]1CCS(=O)(=O)C1)[C@@H]1CCS(=O)(=O)C1. The molecule has 1 aromatic rings. The number of methoxy groups -OCH3 is 1.